The molecule has 0 aliphatic rings. The van der Waals surface area contributed by atoms with Gasteiger partial charge in [-0.3, -0.25) is 0 Å². The Morgan fingerprint density at radius 3 is 1.25 bits per heavy atom. The summed E-state index contributed by atoms with van der Waals surface area (Å²) >= 11 is 0. The monoisotopic (exact) mass is 107 g/mol. The molecule has 0 N–H and O–H groups in total. The number of hydrogen-bond acceptors (Lipinski definition) is 0. The second kappa shape index (κ2) is 9.68. The zero-order valence-electron chi connectivity index (χ0n) is 3.01. The molecule has 0 amide bonds. The smallest absolute Gasteiger partial charge is 0 e. The van der Waals surface area contributed by atoms with E-state index in [0.717, 1.165) is 0 Å². The minimum atomic E-state index is 0. The van der Waals surface area contributed by atoms with Gasteiger partial charge in [0.2, 0.25) is 0 Å². The van der Waals surface area contributed by atoms with E-state index in [1.807, 2.05) is 0 Å². The third-order valence-electron chi connectivity index (χ3n) is 0. The molecule has 0 atom stereocenters. The first kappa shape index (κ1) is 8.82. The minimum Gasteiger partial charge on any atom is -0.0656 e. The third-order valence-corrected chi connectivity index (χ3v) is 0. The normalized spacial score (nSPS) is 4.50. The van der Waals surface area contributed by atoms with Crippen LogP contribution in [0.2, 0.25) is 0 Å². The largest absolute Gasteiger partial charge is 0.0656 e. The van der Waals surface area contributed by atoms with Crippen molar-refractivity contribution in [3.63, 3.8) is 0 Å². The van der Waals surface area contributed by atoms with E-state index < -0.39 is 0 Å². The zero-order chi connectivity index (χ0) is 2.71. The Balaban J connectivity index is 0. The van der Waals surface area contributed by atoms with Crippen LogP contribution in [0.15, 0.2) is 0 Å². The molecule has 0 nitrogen and oxygen atoms in total. The van der Waals surface area contributed by atoms with Gasteiger partial charge >= 0.3 is 0 Å². The second-order valence-corrected chi connectivity index (χ2v) is 0.707. The fourth-order valence-electron chi connectivity index (χ4n) is 0. The van der Waals surface area contributed by atoms with Gasteiger partial charge in [0.15, 0.2) is 0 Å². The molecule has 0 unspecified atom stereocenters. The summed E-state index contributed by atoms with van der Waals surface area (Å²) in [6.07, 6.45) is 1.25. The maximum Gasteiger partial charge on any atom is 0 e. The van der Waals surface area contributed by atoms with Gasteiger partial charge in [-0.25, -0.2) is 0 Å². The average molecular weight is 108 g/mol. The van der Waals surface area contributed by atoms with Gasteiger partial charge in [0.25, 0.3) is 0 Å². The van der Waals surface area contributed by atoms with Crippen molar-refractivity contribution in [2.24, 2.45) is 0 Å². The van der Waals surface area contributed by atoms with Gasteiger partial charge in [-0.15, -0.1) is 0 Å². The van der Waals surface area contributed by atoms with E-state index in [4.69, 9.17) is 0 Å². The van der Waals surface area contributed by atoms with E-state index in [-0.39, 0.29) is 17.1 Å². The van der Waals surface area contributed by atoms with Crippen molar-refractivity contribution in [2.75, 3.05) is 0 Å². The quantitative estimate of drug-likeness (QED) is 0.411. The van der Waals surface area contributed by atoms with Crippen LogP contribution < -0.4 is 0 Å². The average Bonchev–Trinajstić information content (AvgIpc) is 0.918. The van der Waals surface area contributed by atoms with Crippen molar-refractivity contribution >= 4 is 0 Å². The topological polar surface area (TPSA) is 0 Å². The molecule has 0 saturated heterocycles. The summed E-state index contributed by atoms with van der Waals surface area (Å²) in [6, 6.07) is 0. The first-order chi connectivity index (χ1) is 1.41. The van der Waals surface area contributed by atoms with E-state index in [0.29, 0.717) is 0 Å². The molecule has 0 aromatic carbocycles. The van der Waals surface area contributed by atoms with Gasteiger partial charge in [0.1, 0.15) is 0 Å². The molecule has 0 spiro atoms. The Hall–Kier alpha value is 0.519. The summed E-state index contributed by atoms with van der Waals surface area (Å²) in [5, 5.41) is 0. The van der Waals surface area contributed by atoms with Crippen molar-refractivity contribution in [1.82, 2.24) is 0 Å². The molecule has 1 heteroatoms. The van der Waals surface area contributed by atoms with E-state index in [2.05, 4.69) is 13.8 Å². The summed E-state index contributed by atoms with van der Waals surface area (Å²) in [6.45, 7) is 4.25. The Morgan fingerprint density at radius 1 is 1.25 bits per heavy atom. The van der Waals surface area contributed by atoms with Crippen molar-refractivity contribution in [2.45, 2.75) is 20.3 Å². The van der Waals surface area contributed by atoms with Gasteiger partial charge in [-0.05, 0) is 0 Å². The predicted molar refractivity (Wildman–Crippen MR) is 16.0 cm³/mol. The van der Waals surface area contributed by atoms with Crippen LogP contribution in [0.4, 0.5) is 0 Å². The summed E-state index contributed by atoms with van der Waals surface area (Å²) in [5.74, 6) is 0. The molecule has 0 aliphatic carbocycles. The summed E-state index contributed by atoms with van der Waals surface area (Å²) in [7, 11) is 0. The van der Waals surface area contributed by atoms with Gasteiger partial charge in [0.05, 0.1) is 0 Å². The molecule has 0 rings (SSSR count). The van der Waals surface area contributed by atoms with Crippen molar-refractivity contribution < 1.29 is 17.1 Å². The third kappa shape index (κ3) is 21.6. The number of hydrogen-bond donors (Lipinski definition) is 0. The van der Waals surface area contributed by atoms with E-state index in [1.54, 1.807) is 0 Å². The molecule has 1 radical (unpaired) electrons. The zero-order valence-corrected chi connectivity index (χ0v) is 3.95. The maximum absolute atomic E-state index is 2.12. The Kier molecular flexibility index (Phi) is 21.3. The van der Waals surface area contributed by atoms with Crippen LogP contribution in [0.5, 0.6) is 0 Å². The molecular weight excluding hydrogens is 99.6 g/mol. The first-order valence-electron chi connectivity index (χ1n) is 1.41. The minimum absolute atomic E-state index is 0. The van der Waals surface area contributed by atoms with Crippen LogP contribution >= 0.6 is 0 Å². The maximum atomic E-state index is 2.12. The fraction of sp³-hybridized carbons (Fsp3) is 1.00. The Morgan fingerprint density at radius 2 is 1.25 bits per heavy atom. The van der Waals surface area contributed by atoms with Crippen molar-refractivity contribution in [3.05, 3.63) is 0 Å². The summed E-state index contributed by atoms with van der Waals surface area (Å²) < 4.78 is 0. The van der Waals surface area contributed by atoms with Gasteiger partial charge < -0.3 is 0 Å². The first-order valence-corrected chi connectivity index (χ1v) is 1.41. The molecule has 0 saturated carbocycles. The molecule has 31 valence electrons. The van der Waals surface area contributed by atoms with Gasteiger partial charge in [-0.1, -0.05) is 20.3 Å². The standard InChI is InChI=1S/C3H8.Cu/c1-3-2;/h3H2,1-2H3;. The number of rotatable bonds is 0. The molecule has 0 aromatic rings. The van der Waals surface area contributed by atoms with E-state index >= 15 is 0 Å². The van der Waals surface area contributed by atoms with Crippen molar-refractivity contribution in [3.8, 4) is 0 Å². The van der Waals surface area contributed by atoms with Crippen LogP contribution in [0, 0.1) is 0 Å². The predicted octanol–water partition coefficient (Wildman–Crippen LogP) is 1.41. The molecule has 0 fully saturated rings. The molecule has 0 bridgehead atoms. The van der Waals surface area contributed by atoms with E-state index in [9.17, 15) is 0 Å². The van der Waals surface area contributed by atoms with Crippen LogP contribution in [0.3, 0.4) is 0 Å². The van der Waals surface area contributed by atoms with Crippen LogP contribution in [0.25, 0.3) is 0 Å². The molecule has 0 aliphatic heterocycles. The second-order valence-electron chi connectivity index (χ2n) is 0.707. The van der Waals surface area contributed by atoms with Crippen LogP contribution in [-0.4, -0.2) is 0 Å². The SMILES string of the molecule is CCC.[Cu]. The van der Waals surface area contributed by atoms with Gasteiger partial charge in [0, 0.05) is 17.1 Å². The Bertz CT molecular complexity index is 3.25. The molecule has 0 heterocycles. The van der Waals surface area contributed by atoms with E-state index in [1.165, 1.54) is 6.42 Å². The summed E-state index contributed by atoms with van der Waals surface area (Å²) in [4.78, 5) is 0. The fourth-order valence-corrected chi connectivity index (χ4v) is 0. The molecular formula is C3H8Cu. The van der Waals surface area contributed by atoms with Crippen molar-refractivity contribution in [1.29, 1.82) is 0 Å². The Labute approximate surface area is 38.1 Å². The molecule has 4 heavy (non-hydrogen) atoms. The van der Waals surface area contributed by atoms with Crippen LogP contribution in [-0.2, 0) is 17.1 Å². The van der Waals surface area contributed by atoms with Gasteiger partial charge in [-0.2, -0.15) is 0 Å². The molecule has 0 aromatic heterocycles. The summed E-state index contributed by atoms with van der Waals surface area (Å²) in [5.41, 5.74) is 0. The van der Waals surface area contributed by atoms with Crippen LogP contribution in [0.1, 0.15) is 20.3 Å².